The van der Waals surface area contributed by atoms with Crippen molar-refractivity contribution in [2.45, 2.75) is 12.3 Å². The van der Waals surface area contributed by atoms with Crippen molar-refractivity contribution in [3.05, 3.63) is 99.5 Å². The van der Waals surface area contributed by atoms with E-state index < -0.39 is 0 Å². The summed E-state index contributed by atoms with van der Waals surface area (Å²) in [6, 6.07) is 23.3. The smallest absolute Gasteiger partial charge is 0.130 e. The van der Waals surface area contributed by atoms with Gasteiger partial charge >= 0.3 is 0 Å². The molecule has 4 heteroatoms. The maximum atomic E-state index is 10.3. The Morgan fingerprint density at radius 3 is 2.52 bits per heavy atom. The Labute approximate surface area is 193 Å². The van der Waals surface area contributed by atoms with E-state index in [4.69, 9.17) is 0 Å². The van der Waals surface area contributed by atoms with Crippen LogP contribution < -0.4 is 4.90 Å². The molecule has 0 amide bonds. The molecular formula is C27H29BrN2O. The molecule has 1 N–H and O–H groups in total. The number of hydrogen-bond acceptors (Lipinski definition) is 3. The highest BCUT2D eigenvalue weighted by atomic mass is 79.9. The van der Waals surface area contributed by atoms with Crippen LogP contribution in [0.5, 0.6) is 5.75 Å². The highest BCUT2D eigenvalue weighted by molar-refractivity contribution is 9.10. The molecular weight excluding hydrogens is 448 g/mol. The second-order valence-electron chi connectivity index (χ2n) is 8.36. The van der Waals surface area contributed by atoms with Crippen molar-refractivity contribution >= 4 is 27.7 Å². The average molecular weight is 477 g/mol. The highest BCUT2D eigenvalue weighted by Crippen LogP contribution is 2.37. The molecule has 1 aliphatic heterocycles. The van der Waals surface area contributed by atoms with Gasteiger partial charge in [0.25, 0.3) is 0 Å². The van der Waals surface area contributed by atoms with E-state index in [-0.39, 0.29) is 5.92 Å². The minimum atomic E-state index is 0.241. The maximum Gasteiger partial charge on any atom is 0.130 e. The van der Waals surface area contributed by atoms with Gasteiger partial charge in [0, 0.05) is 45.3 Å². The minimum Gasteiger partial charge on any atom is -0.507 e. The monoisotopic (exact) mass is 476 g/mol. The molecule has 0 spiro atoms. The number of phenolic OH excluding ortho intramolecular Hbond substituents is 1. The number of hydrogen-bond donors (Lipinski definition) is 1. The first kappa shape index (κ1) is 21.7. The van der Waals surface area contributed by atoms with Gasteiger partial charge in [0.05, 0.1) is 4.47 Å². The summed E-state index contributed by atoms with van der Waals surface area (Å²) >= 11 is 3.50. The van der Waals surface area contributed by atoms with E-state index in [0.29, 0.717) is 5.75 Å². The average Bonchev–Trinajstić information content (AvgIpc) is 2.95. The molecule has 31 heavy (non-hydrogen) atoms. The zero-order valence-corrected chi connectivity index (χ0v) is 19.7. The SMILES string of the molecule is CN(C)c1ccc(/C=C/CN2CCc3cc(Br)c(O)cc3[C@H](c3ccccc3)C2)cc1. The number of fused-ring (bicyclic) bond motifs is 1. The molecule has 0 fully saturated rings. The Balaban J connectivity index is 1.54. The lowest BCUT2D eigenvalue weighted by atomic mass is 9.88. The quantitative estimate of drug-likeness (QED) is 0.494. The van der Waals surface area contributed by atoms with Gasteiger partial charge in [0.2, 0.25) is 0 Å². The molecule has 4 rings (SSSR count). The van der Waals surface area contributed by atoms with Gasteiger partial charge in [-0.3, -0.25) is 4.90 Å². The van der Waals surface area contributed by atoms with Crippen molar-refractivity contribution in [3.8, 4) is 5.75 Å². The van der Waals surface area contributed by atoms with Crippen molar-refractivity contribution in [1.82, 2.24) is 4.90 Å². The molecule has 3 nitrogen and oxygen atoms in total. The third kappa shape index (κ3) is 5.20. The topological polar surface area (TPSA) is 26.7 Å². The van der Waals surface area contributed by atoms with E-state index in [1.807, 2.05) is 6.07 Å². The fourth-order valence-electron chi connectivity index (χ4n) is 4.24. The first-order valence-corrected chi connectivity index (χ1v) is 11.5. The zero-order chi connectivity index (χ0) is 21.8. The summed E-state index contributed by atoms with van der Waals surface area (Å²) in [7, 11) is 4.12. The standard InChI is InChI=1S/C27H29BrN2O/c1-29(2)23-12-10-20(11-13-23)7-6-15-30-16-14-22-17-26(28)27(31)18-24(22)25(19-30)21-8-4-3-5-9-21/h3-13,17-18,25,31H,14-16,19H2,1-2H3/b7-6+/t25-/m0/s1. The van der Waals surface area contributed by atoms with Crippen LogP contribution in [0.3, 0.4) is 0 Å². The lowest BCUT2D eigenvalue weighted by Gasteiger charge is -2.24. The summed E-state index contributed by atoms with van der Waals surface area (Å²) in [5.74, 6) is 0.555. The molecule has 0 radical (unpaired) electrons. The van der Waals surface area contributed by atoms with Crippen LogP contribution in [0.1, 0.15) is 28.2 Å². The molecule has 160 valence electrons. The molecule has 0 unspecified atom stereocenters. The fourth-order valence-corrected chi connectivity index (χ4v) is 4.63. The number of benzene rings is 3. The Morgan fingerprint density at radius 1 is 1.06 bits per heavy atom. The lowest BCUT2D eigenvalue weighted by Crippen LogP contribution is -2.29. The molecule has 0 saturated carbocycles. The Kier molecular flexibility index (Phi) is 6.79. The second kappa shape index (κ2) is 9.71. The van der Waals surface area contributed by atoms with Crippen molar-refractivity contribution in [2.24, 2.45) is 0 Å². The molecule has 3 aromatic rings. The predicted octanol–water partition coefficient (Wildman–Crippen LogP) is 5.92. The van der Waals surface area contributed by atoms with Gasteiger partial charge in [-0.15, -0.1) is 0 Å². The van der Waals surface area contributed by atoms with E-state index in [0.717, 1.165) is 30.5 Å². The van der Waals surface area contributed by atoms with Crippen LogP contribution in [0.15, 0.2) is 77.3 Å². The lowest BCUT2D eigenvalue weighted by molar-refractivity contribution is 0.306. The van der Waals surface area contributed by atoms with Crippen LogP contribution in [-0.4, -0.2) is 43.7 Å². The summed E-state index contributed by atoms with van der Waals surface area (Å²) in [4.78, 5) is 4.62. The summed E-state index contributed by atoms with van der Waals surface area (Å²) in [6.07, 6.45) is 5.44. The Morgan fingerprint density at radius 2 is 1.81 bits per heavy atom. The molecule has 3 aromatic carbocycles. The van der Waals surface area contributed by atoms with Crippen LogP contribution in [0.25, 0.3) is 6.08 Å². The molecule has 0 saturated heterocycles. The molecule has 0 aromatic heterocycles. The van der Waals surface area contributed by atoms with Gasteiger partial charge in [-0.05, 0) is 68.9 Å². The highest BCUT2D eigenvalue weighted by Gasteiger charge is 2.25. The van der Waals surface area contributed by atoms with Crippen LogP contribution in [0.4, 0.5) is 5.69 Å². The number of anilines is 1. The van der Waals surface area contributed by atoms with E-state index in [1.165, 1.54) is 27.9 Å². The van der Waals surface area contributed by atoms with Crippen LogP contribution in [0, 0.1) is 0 Å². The number of nitrogens with zero attached hydrogens (tertiary/aromatic N) is 2. The van der Waals surface area contributed by atoms with E-state index in [9.17, 15) is 5.11 Å². The fraction of sp³-hybridized carbons (Fsp3) is 0.259. The summed E-state index contributed by atoms with van der Waals surface area (Å²) in [6.45, 7) is 2.83. The molecule has 0 bridgehead atoms. The minimum absolute atomic E-state index is 0.241. The van der Waals surface area contributed by atoms with Crippen molar-refractivity contribution < 1.29 is 5.11 Å². The number of phenols is 1. The van der Waals surface area contributed by atoms with Crippen LogP contribution >= 0.6 is 15.9 Å². The molecule has 1 atom stereocenters. The molecule has 1 aliphatic rings. The van der Waals surface area contributed by atoms with Gasteiger partial charge in [0.1, 0.15) is 5.75 Å². The molecule has 0 aliphatic carbocycles. The van der Waals surface area contributed by atoms with Gasteiger partial charge < -0.3 is 10.0 Å². The maximum absolute atomic E-state index is 10.3. The van der Waals surface area contributed by atoms with E-state index >= 15 is 0 Å². The summed E-state index contributed by atoms with van der Waals surface area (Å²) in [5.41, 5.74) is 6.27. The second-order valence-corrected chi connectivity index (χ2v) is 9.22. The van der Waals surface area contributed by atoms with Gasteiger partial charge in [-0.2, -0.15) is 0 Å². The van der Waals surface area contributed by atoms with Crippen LogP contribution in [-0.2, 0) is 6.42 Å². The van der Waals surface area contributed by atoms with Gasteiger partial charge in [0.15, 0.2) is 0 Å². The zero-order valence-electron chi connectivity index (χ0n) is 18.1. The first-order valence-electron chi connectivity index (χ1n) is 10.7. The summed E-state index contributed by atoms with van der Waals surface area (Å²) < 4.78 is 0.771. The Bertz CT molecular complexity index is 1040. The largest absolute Gasteiger partial charge is 0.507 e. The third-order valence-electron chi connectivity index (χ3n) is 6.01. The summed E-state index contributed by atoms with van der Waals surface area (Å²) in [5, 5.41) is 10.3. The van der Waals surface area contributed by atoms with E-state index in [1.54, 1.807) is 0 Å². The number of aromatic hydroxyl groups is 1. The normalized spacial score (nSPS) is 16.8. The van der Waals surface area contributed by atoms with Crippen LogP contribution in [0.2, 0.25) is 0 Å². The van der Waals surface area contributed by atoms with Crippen molar-refractivity contribution in [1.29, 1.82) is 0 Å². The number of halogens is 1. The van der Waals surface area contributed by atoms with Gasteiger partial charge in [-0.25, -0.2) is 0 Å². The van der Waals surface area contributed by atoms with Gasteiger partial charge in [-0.1, -0.05) is 54.6 Å². The first-order chi connectivity index (χ1) is 15.0. The predicted molar refractivity (Wildman–Crippen MR) is 134 cm³/mol. The molecule has 1 heterocycles. The van der Waals surface area contributed by atoms with E-state index in [2.05, 4.69) is 113 Å². The number of rotatable bonds is 5. The third-order valence-corrected chi connectivity index (χ3v) is 6.64. The van der Waals surface area contributed by atoms with Crippen molar-refractivity contribution in [3.63, 3.8) is 0 Å². The Hall–Kier alpha value is -2.56. The van der Waals surface area contributed by atoms with Crippen molar-refractivity contribution in [2.75, 3.05) is 38.6 Å².